The standard InChI is InChI=1S/C21H27N3O3S.2C2H2O4/c1-4-27-21(26)19-17(16-7-5-15(2)6-8-16)14-28-20(19)22-18(25)13-24-11-9-23(3)10-12-24;2*3-1(4)2(5)6/h5-8,14H,4,9-13H2,1-3H3,(H,22,25);2*(H,3,4)(H,5,6). The predicted molar refractivity (Wildman–Crippen MR) is 144 cm³/mol. The number of hydrogen-bond donors (Lipinski definition) is 5. The maximum Gasteiger partial charge on any atom is 0.414 e. The van der Waals surface area contributed by atoms with Gasteiger partial charge in [-0.25, -0.2) is 24.0 Å². The Kier molecular flexibility index (Phi) is 14.0. The first-order valence-corrected chi connectivity index (χ1v) is 12.6. The van der Waals surface area contributed by atoms with Crippen LogP contribution in [-0.2, 0) is 28.7 Å². The second-order valence-corrected chi connectivity index (χ2v) is 9.17. The summed E-state index contributed by atoms with van der Waals surface area (Å²) < 4.78 is 5.26. The highest BCUT2D eigenvalue weighted by atomic mass is 32.1. The van der Waals surface area contributed by atoms with Crippen LogP contribution >= 0.6 is 11.3 Å². The molecule has 15 heteroatoms. The largest absolute Gasteiger partial charge is 0.473 e. The van der Waals surface area contributed by atoms with E-state index in [1.165, 1.54) is 11.3 Å². The van der Waals surface area contributed by atoms with Gasteiger partial charge in [-0.2, -0.15) is 0 Å². The monoisotopic (exact) mass is 581 g/mol. The number of aryl methyl sites for hydroxylation is 1. The van der Waals surface area contributed by atoms with E-state index in [9.17, 15) is 9.59 Å². The molecule has 5 N–H and O–H groups in total. The zero-order chi connectivity index (χ0) is 30.4. The summed E-state index contributed by atoms with van der Waals surface area (Å²) in [6.07, 6.45) is 0. The molecule has 1 fully saturated rings. The van der Waals surface area contributed by atoms with Gasteiger partial charge in [0.15, 0.2) is 0 Å². The summed E-state index contributed by atoms with van der Waals surface area (Å²) in [6, 6.07) is 7.98. The minimum atomic E-state index is -1.82. The number of carbonyl (C=O) groups is 6. The van der Waals surface area contributed by atoms with Gasteiger partial charge in [0.1, 0.15) is 10.6 Å². The number of hydrogen-bond acceptors (Lipinski definition) is 10. The lowest BCUT2D eigenvalue weighted by Crippen LogP contribution is -2.47. The zero-order valence-corrected chi connectivity index (χ0v) is 22.9. The number of carboxylic acid groups (broad SMARTS) is 4. The Morgan fingerprint density at radius 3 is 1.82 bits per heavy atom. The first-order chi connectivity index (χ1) is 18.8. The second kappa shape index (κ2) is 16.6. The first-order valence-electron chi connectivity index (χ1n) is 11.8. The van der Waals surface area contributed by atoms with Crippen LogP contribution in [0.1, 0.15) is 22.8 Å². The predicted octanol–water partition coefficient (Wildman–Crippen LogP) is 1.40. The smallest absolute Gasteiger partial charge is 0.414 e. The van der Waals surface area contributed by atoms with Crippen molar-refractivity contribution < 1.29 is 53.9 Å². The second-order valence-electron chi connectivity index (χ2n) is 8.29. The van der Waals surface area contributed by atoms with Crippen LogP contribution in [0, 0.1) is 6.92 Å². The SMILES string of the molecule is CCOC(=O)c1c(-c2ccc(C)cc2)csc1NC(=O)CN1CCN(C)CC1.O=C(O)C(=O)O.O=C(O)C(=O)O. The van der Waals surface area contributed by atoms with Crippen molar-refractivity contribution in [2.45, 2.75) is 13.8 Å². The number of nitrogens with one attached hydrogen (secondary N) is 1. The number of benzene rings is 1. The Bertz CT molecular complexity index is 1160. The Labute approximate surface area is 233 Å². The highest BCUT2D eigenvalue weighted by molar-refractivity contribution is 7.15. The summed E-state index contributed by atoms with van der Waals surface area (Å²) in [7, 11) is 2.08. The van der Waals surface area contributed by atoms with Crippen LogP contribution in [0.4, 0.5) is 5.00 Å². The number of piperazine rings is 1. The lowest BCUT2D eigenvalue weighted by atomic mass is 10.0. The van der Waals surface area contributed by atoms with Crippen molar-refractivity contribution in [3.05, 3.63) is 40.8 Å². The number of rotatable bonds is 6. The molecule has 14 nitrogen and oxygen atoms in total. The molecule has 0 bridgehead atoms. The van der Waals surface area contributed by atoms with Crippen molar-refractivity contribution in [3.8, 4) is 11.1 Å². The number of carboxylic acids is 4. The van der Waals surface area contributed by atoms with E-state index in [0.29, 0.717) is 17.1 Å². The topological polar surface area (TPSA) is 211 Å². The highest BCUT2D eigenvalue weighted by Gasteiger charge is 2.24. The van der Waals surface area contributed by atoms with Gasteiger partial charge < -0.3 is 35.4 Å². The van der Waals surface area contributed by atoms with E-state index in [1.54, 1.807) is 6.92 Å². The zero-order valence-electron chi connectivity index (χ0n) is 22.1. The van der Waals surface area contributed by atoms with Crippen molar-refractivity contribution in [2.24, 2.45) is 0 Å². The summed E-state index contributed by atoms with van der Waals surface area (Å²) in [5.41, 5.74) is 3.31. The van der Waals surface area contributed by atoms with Gasteiger partial charge in [-0.1, -0.05) is 29.8 Å². The van der Waals surface area contributed by atoms with E-state index in [0.717, 1.165) is 42.9 Å². The minimum Gasteiger partial charge on any atom is -0.473 e. The van der Waals surface area contributed by atoms with Gasteiger partial charge in [-0.3, -0.25) is 9.69 Å². The van der Waals surface area contributed by atoms with Crippen LogP contribution in [0.5, 0.6) is 0 Å². The number of ether oxygens (including phenoxy) is 1. The van der Waals surface area contributed by atoms with Crippen molar-refractivity contribution in [1.82, 2.24) is 9.80 Å². The van der Waals surface area contributed by atoms with Gasteiger partial charge in [0.05, 0.1) is 13.2 Å². The number of likely N-dealkylation sites (N-methyl/N-ethyl adjacent to an activating group) is 1. The fourth-order valence-corrected chi connectivity index (χ4v) is 4.15. The summed E-state index contributed by atoms with van der Waals surface area (Å²) in [5, 5.41) is 35.0. The molecule has 1 aromatic carbocycles. The summed E-state index contributed by atoms with van der Waals surface area (Å²) in [6.45, 7) is 8.07. The molecule has 1 aliphatic rings. The maximum absolute atomic E-state index is 12.6. The van der Waals surface area contributed by atoms with E-state index in [2.05, 4.69) is 22.2 Å². The molecule has 218 valence electrons. The average Bonchev–Trinajstić information content (AvgIpc) is 3.30. The van der Waals surface area contributed by atoms with Gasteiger partial charge >= 0.3 is 29.8 Å². The highest BCUT2D eigenvalue weighted by Crippen LogP contribution is 2.36. The van der Waals surface area contributed by atoms with E-state index in [4.69, 9.17) is 44.3 Å². The Hall–Kier alpha value is -4.34. The van der Waals surface area contributed by atoms with Crippen molar-refractivity contribution >= 4 is 52.1 Å². The third-order valence-electron chi connectivity index (χ3n) is 5.22. The van der Waals surface area contributed by atoms with E-state index < -0.39 is 29.8 Å². The maximum atomic E-state index is 12.6. The third kappa shape index (κ3) is 11.6. The van der Waals surface area contributed by atoms with Crippen LogP contribution in [0.15, 0.2) is 29.6 Å². The Balaban J connectivity index is 0.000000559. The Morgan fingerprint density at radius 1 is 0.875 bits per heavy atom. The minimum absolute atomic E-state index is 0.104. The molecule has 0 saturated carbocycles. The van der Waals surface area contributed by atoms with E-state index in [1.807, 2.05) is 36.6 Å². The number of thiophene rings is 1. The number of nitrogens with zero attached hydrogens (tertiary/aromatic N) is 2. The molecule has 0 atom stereocenters. The fourth-order valence-electron chi connectivity index (χ4n) is 3.18. The number of carbonyl (C=O) groups excluding carboxylic acids is 2. The molecule has 40 heavy (non-hydrogen) atoms. The molecule has 2 aromatic rings. The molecule has 0 spiro atoms. The molecule has 1 amide bonds. The number of anilines is 1. The molecule has 1 aliphatic heterocycles. The molecular formula is C25H31N3O11S. The first kappa shape index (κ1) is 33.7. The quantitative estimate of drug-likeness (QED) is 0.241. The van der Waals surface area contributed by atoms with Gasteiger partial charge in [0, 0.05) is 37.1 Å². The van der Waals surface area contributed by atoms with Crippen LogP contribution in [-0.4, -0.2) is 112 Å². The fraction of sp³-hybridized carbons (Fsp3) is 0.360. The number of amides is 1. The lowest BCUT2D eigenvalue weighted by Gasteiger charge is -2.31. The Morgan fingerprint density at radius 2 is 1.38 bits per heavy atom. The van der Waals surface area contributed by atoms with Crippen molar-refractivity contribution in [1.29, 1.82) is 0 Å². The van der Waals surface area contributed by atoms with Crippen molar-refractivity contribution in [2.75, 3.05) is 51.7 Å². The number of aliphatic carboxylic acids is 4. The summed E-state index contributed by atoms with van der Waals surface area (Å²) in [4.78, 5) is 66.0. The van der Waals surface area contributed by atoms with Crippen LogP contribution in [0.25, 0.3) is 11.1 Å². The lowest BCUT2D eigenvalue weighted by molar-refractivity contribution is -0.159. The van der Waals surface area contributed by atoms with Gasteiger partial charge in [-0.05, 0) is 26.5 Å². The normalized spacial score (nSPS) is 13.0. The summed E-state index contributed by atoms with van der Waals surface area (Å²) in [5.74, 6) is -7.81. The molecule has 1 aromatic heterocycles. The molecule has 3 rings (SSSR count). The molecule has 2 heterocycles. The van der Waals surface area contributed by atoms with Crippen LogP contribution in [0.3, 0.4) is 0 Å². The molecule has 0 radical (unpaired) electrons. The van der Waals surface area contributed by atoms with Gasteiger partial charge in [-0.15, -0.1) is 11.3 Å². The van der Waals surface area contributed by atoms with E-state index in [-0.39, 0.29) is 12.5 Å². The average molecular weight is 582 g/mol. The molecule has 1 saturated heterocycles. The third-order valence-corrected chi connectivity index (χ3v) is 6.11. The summed E-state index contributed by atoms with van der Waals surface area (Å²) >= 11 is 1.36. The van der Waals surface area contributed by atoms with Gasteiger partial charge in [0.2, 0.25) is 5.91 Å². The van der Waals surface area contributed by atoms with E-state index >= 15 is 0 Å². The van der Waals surface area contributed by atoms with Gasteiger partial charge in [0.25, 0.3) is 0 Å². The van der Waals surface area contributed by atoms with Crippen LogP contribution < -0.4 is 5.32 Å². The van der Waals surface area contributed by atoms with Crippen molar-refractivity contribution in [3.63, 3.8) is 0 Å². The molecule has 0 aliphatic carbocycles. The molecular weight excluding hydrogens is 550 g/mol. The van der Waals surface area contributed by atoms with Crippen LogP contribution in [0.2, 0.25) is 0 Å². The molecule has 0 unspecified atom stereocenters. The number of esters is 1.